The Labute approximate surface area is 99.0 Å². The Hall–Kier alpha value is -0.580. The van der Waals surface area contributed by atoms with Gasteiger partial charge in [-0.3, -0.25) is 4.79 Å². The van der Waals surface area contributed by atoms with Crippen molar-refractivity contribution in [2.45, 2.75) is 13.5 Å². The number of rotatable bonds is 5. The molecule has 1 aromatic heterocycles. The smallest absolute Gasteiger partial charge is 0.236 e. The number of likely N-dealkylation sites (N-methyl/N-ethyl adjacent to an activating group) is 1. The molecule has 0 fully saturated rings. The van der Waals surface area contributed by atoms with Crippen LogP contribution in [-0.4, -0.2) is 30.9 Å². The predicted molar refractivity (Wildman–Crippen MR) is 64.3 cm³/mol. The molecule has 0 saturated carbocycles. The second-order valence-electron chi connectivity index (χ2n) is 3.22. The van der Waals surface area contributed by atoms with Crippen LogP contribution in [-0.2, 0) is 11.3 Å². The summed E-state index contributed by atoms with van der Waals surface area (Å²) in [7, 11) is 1.80. The van der Waals surface area contributed by atoms with Crippen LogP contribution in [0.4, 0.5) is 0 Å². The summed E-state index contributed by atoms with van der Waals surface area (Å²) in [6.07, 6.45) is 0. The number of hydrogen-bond acceptors (Lipinski definition) is 3. The van der Waals surface area contributed by atoms with Gasteiger partial charge in [-0.25, -0.2) is 0 Å². The number of amides is 1. The van der Waals surface area contributed by atoms with Gasteiger partial charge in [0.1, 0.15) is 0 Å². The molecule has 1 heterocycles. The lowest BCUT2D eigenvalue weighted by Gasteiger charge is -2.14. The lowest BCUT2D eigenvalue weighted by Crippen LogP contribution is -2.34. The maximum Gasteiger partial charge on any atom is 0.236 e. The van der Waals surface area contributed by atoms with E-state index < -0.39 is 0 Å². The third kappa shape index (κ3) is 4.20. The Morgan fingerprint density at radius 3 is 2.87 bits per heavy atom. The number of hydrogen-bond donors (Lipinski definition) is 1. The highest BCUT2D eigenvalue weighted by molar-refractivity contribution is 7.16. The van der Waals surface area contributed by atoms with Gasteiger partial charge in [0.05, 0.1) is 10.9 Å². The Balaban J connectivity index is 2.24. The van der Waals surface area contributed by atoms with Gasteiger partial charge in [-0.15, -0.1) is 11.3 Å². The highest BCUT2D eigenvalue weighted by atomic mass is 35.5. The van der Waals surface area contributed by atoms with Crippen LogP contribution in [0, 0.1) is 0 Å². The molecule has 0 saturated heterocycles. The van der Waals surface area contributed by atoms with E-state index in [0.717, 1.165) is 15.8 Å². The maximum atomic E-state index is 11.4. The van der Waals surface area contributed by atoms with Crippen LogP contribution in [0.15, 0.2) is 12.1 Å². The predicted octanol–water partition coefficient (Wildman–Crippen LogP) is 1.97. The Morgan fingerprint density at radius 2 is 2.33 bits per heavy atom. The van der Waals surface area contributed by atoms with Crippen molar-refractivity contribution in [2.24, 2.45) is 0 Å². The van der Waals surface area contributed by atoms with E-state index in [-0.39, 0.29) is 5.91 Å². The third-order valence-corrected chi connectivity index (χ3v) is 3.34. The molecule has 0 unspecified atom stereocenters. The first-order valence-corrected chi connectivity index (χ1v) is 6.01. The molecule has 1 rings (SSSR count). The molecule has 0 atom stereocenters. The zero-order valence-corrected chi connectivity index (χ0v) is 10.5. The summed E-state index contributed by atoms with van der Waals surface area (Å²) in [5.41, 5.74) is 0. The largest absolute Gasteiger partial charge is 0.345 e. The van der Waals surface area contributed by atoms with Gasteiger partial charge in [-0.05, 0) is 19.1 Å². The summed E-state index contributed by atoms with van der Waals surface area (Å²) >= 11 is 7.32. The molecule has 15 heavy (non-hydrogen) atoms. The van der Waals surface area contributed by atoms with Crippen LogP contribution >= 0.6 is 22.9 Å². The monoisotopic (exact) mass is 246 g/mol. The Bertz CT molecular complexity index is 327. The van der Waals surface area contributed by atoms with Crippen molar-refractivity contribution in [2.75, 3.05) is 20.1 Å². The van der Waals surface area contributed by atoms with Gasteiger partial charge in [0, 0.05) is 25.0 Å². The minimum atomic E-state index is 0.111. The molecule has 1 aromatic rings. The lowest BCUT2D eigenvalue weighted by atomic mass is 10.4. The lowest BCUT2D eigenvalue weighted by molar-refractivity contribution is -0.128. The van der Waals surface area contributed by atoms with E-state index in [1.165, 1.54) is 11.3 Å². The molecule has 1 amide bonds. The molecule has 0 bridgehead atoms. The van der Waals surface area contributed by atoms with Crippen molar-refractivity contribution < 1.29 is 4.79 Å². The van der Waals surface area contributed by atoms with E-state index in [1.807, 2.05) is 19.1 Å². The Morgan fingerprint density at radius 1 is 1.60 bits per heavy atom. The molecule has 0 aliphatic rings. The summed E-state index contributed by atoms with van der Waals surface area (Å²) < 4.78 is 0.781. The number of halogens is 1. The molecule has 0 aliphatic heterocycles. The number of carbonyl (C=O) groups excluding carboxylic acids is 1. The average molecular weight is 247 g/mol. The van der Waals surface area contributed by atoms with Crippen molar-refractivity contribution in [1.82, 2.24) is 10.2 Å². The molecule has 0 aromatic carbocycles. The summed E-state index contributed by atoms with van der Waals surface area (Å²) in [5, 5.41) is 3.09. The van der Waals surface area contributed by atoms with Crippen LogP contribution in [0.2, 0.25) is 4.34 Å². The molecular weight excluding hydrogens is 232 g/mol. The molecule has 0 radical (unpaired) electrons. The van der Waals surface area contributed by atoms with E-state index in [4.69, 9.17) is 11.6 Å². The molecular formula is C10H15ClN2OS. The first-order valence-electron chi connectivity index (χ1n) is 4.82. The molecule has 0 spiro atoms. The van der Waals surface area contributed by atoms with Crippen molar-refractivity contribution in [3.8, 4) is 0 Å². The number of carbonyl (C=O) groups is 1. The molecule has 84 valence electrons. The minimum Gasteiger partial charge on any atom is -0.345 e. The third-order valence-electron chi connectivity index (χ3n) is 2.10. The average Bonchev–Trinajstić information content (AvgIpc) is 2.63. The van der Waals surface area contributed by atoms with E-state index in [0.29, 0.717) is 13.1 Å². The first-order chi connectivity index (χ1) is 7.13. The first kappa shape index (κ1) is 12.5. The SMILES string of the molecule is CCN(C)C(=O)CNCc1ccc(Cl)s1. The van der Waals surface area contributed by atoms with E-state index in [1.54, 1.807) is 11.9 Å². The normalized spacial score (nSPS) is 10.3. The van der Waals surface area contributed by atoms with Crippen LogP contribution in [0.3, 0.4) is 0 Å². The summed E-state index contributed by atoms with van der Waals surface area (Å²) in [6.45, 7) is 3.77. The van der Waals surface area contributed by atoms with Crippen molar-refractivity contribution in [3.05, 3.63) is 21.3 Å². The zero-order valence-electron chi connectivity index (χ0n) is 8.92. The van der Waals surface area contributed by atoms with Crippen LogP contribution in [0.5, 0.6) is 0 Å². The van der Waals surface area contributed by atoms with Crippen molar-refractivity contribution in [1.29, 1.82) is 0 Å². The zero-order chi connectivity index (χ0) is 11.3. The second-order valence-corrected chi connectivity index (χ2v) is 5.02. The van der Waals surface area contributed by atoms with Gasteiger partial charge < -0.3 is 10.2 Å². The van der Waals surface area contributed by atoms with E-state index >= 15 is 0 Å². The van der Waals surface area contributed by atoms with Crippen LogP contribution in [0.1, 0.15) is 11.8 Å². The topological polar surface area (TPSA) is 32.3 Å². The number of thiophene rings is 1. The fraction of sp³-hybridized carbons (Fsp3) is 0.500. The standard InChI is InChI=1S/C10H15ClN2OS/c1-3-13(2)10(14)7-12-6-8-4-5-9(11)15-8/h4-5,12H,3,6-7H2,1-2H3. The van der Waals surface area contributed by atoms with Gasteiger partial charge in [-0.2, -0.15) is 0 Å². The van der Waals surface area contributed by atoms with Crippen LogP contribution in [0.25, 0.3) is 0 Å². The van der Waals surface area contributed by atoms with Gasteiger partial charge >= 0.3 is 0 Å². The number of nitrogens with one attached hydrogen (secondary N) is 1. The Kier molecular flexibility index (Phi) is 5.08. The highest BCUT2D eigenvalue weighted by Crippen LogP contribution is 2.20. The fourth-order valence-corrected chi connectivity index (χ4v) is 2.11. The van der Waals surface area contributed by atoms with Gasteiger partial charge in [0.2, 0.25) is 5.91 Å². The second kappa shape index (κ2) is 6.10. The summed E-state index contributed by atoms with van der Waals surface area (Å²) in [4.78, 5) is 14.2. The minimum absolute atomic E-state index is 0.111. The van der Waals surface area contributed by atoms with Crippen molar-refractivity contribution in [3.63, 3.8) is 0 Å². The quantitative estimate of drug-likeness (QED) is 0.862. The van der Waals surface area contributed by atoms with Crippen molar-refractivity contribution >= 4 is 28.8 Å². The van der Waals surface area contributed by atoms with Gasteiger partial charge in [-0.1, -0.05) is 11.6 Å². The molecule has 1 N–H and O–H groups in total. The number of nitrogens with zero attached hydrogens (tertiary/aromatic N) is 1. The van der Waals surface area contributed by atoms with Gasteiger partial charge in [0.15, 0.2) is 0 Å². The fourth-order valence-electron chi connectivity index (χ4n) is 1.05. The van der Waals surface area contributed by atoms with E-state index in [9.17, 15) is 4.79 Å². The maximum absolute atomic E-state index is 11.4. The summed E-state index contributed by atoms with van der Waals surface area (Å²) in [6, 6.07) is 3.83. The summed E-state index contributed by atoms with van der Waals surface area (Å²) in [5.74, 6) is 0.111. The van der Waals surface area contributed by atoms with Crippen LogP contribution < -0.4 is 5.32 Å². The van der Waals surface area contributed by atoms with Gasteiger partial charge in [0.25, 0.3) is 0 Å². The molecule has 0 aliphatic carbocycles. The van der Waals surface area contributed by atoms with E-state index in [2.05, 4.69) is 5.32 Å². The molecule has 3 nitrogen and oxygen atoms in total. The molecule has 5 heteroatoms. The highest BCUT2D eigenvalue weighted by Gasteiger charge is 2.05.